The third-order valence-corrected chi connectivity index (χ3v) is 3.91. The van der Waals surface area contributed by atoms with Gasteiger partial charge in [0.05, 0.1) is 0 Å². The van der Waals surface area contributed by atoms with Gasteiger partial charge < -0.3 is 20.8 Å². The van der Waals surface area contributed by atoms with Crippen LogP contribution in [0.25, 0.3) is 0 Å². The molecule has 5 nitrogen and oxygen atoms in total. The van der Waals surface area contributed by atoms with Crippen molar-refractivity contribution in [2.75, 3.05) is 6.61 Å². The summed E-state index contributed by atoms with van der Waals surface area (Å²) in [7, 11) is 0. The van der Waals surface area contributed by atoms with Crippen LogP contribution >= 0.6 is 0 Å². The van der Waals surface area contributed by atoms with Gasteiger partial charge in [0.25, 0.3) is 0 Å². The van der Waals surface area contributed by atoms with Crippen LogP contribution in [-0.4, -0.2) is 28.9 Å². The van der Waals surface area contributed by atoms with Crippen molar-refractivity contribution in [2.24, 2.45) is 5.92 Å². The number of aromatic hydroxyl groups is 1. The number of hydrogen-bond donors (Lipinski definition) is 4. The molecule has 1 aromatic carbocycles. The van der Waals surface area contributed by atoms with Gasteiger partial charge in [-0.1, -0.05) is 6.07 Å². The number of carbonyl (C=O) groups excluding carboxylic acids is 1. The summed E-state index contributed by atoms with van der Waals surface area (Å²) in [6.07, 6.45) is 3.58. The number of amides is 2. The first-order valence-corrected chi connectivity index (χ1v) is 7.21. The van der Waals surface area contributed by atoms with E-state index in [1.54, 1.807) is 6.07 Å². The smallest absolute Gasteiger partial charge is 0.315 e. The van der Waals surface area contributed by atoms with Crippen LogP contribution in [0.5, 0.6) is 5.75 Å². The fourth-order valence-electron chi connectivity index (χ4n) is 2.57. The van der Waals surface area contributed by atoms with Crippen molar-refractivity contribution in [3.05, 3.63) is 29.6 Å². The lowest BCUT2D eigenvalue weighted by atomic mass is 9.87. The molecule has 2 amide bonds. The van der Waals surface area contributed by atoms with E-state index in [0.29, 0.717) is 11.5 Å². The zero-order chi connectivity index (χ0) is 15.2. The lowest BCUT2D eigenvalue weighted by Gasteiger charge is -2.27. The Morgan fingerprint density at radius 2 is 2.00 bits per heavy atom. The lowest BCUT2D eigenvalue weighted by molar-refractivity contribution is 0.174. The number of halogens is 1. The summed E-state index contributed by atoms with van der Waals surface area (Å²) in [6.45, 7) is 0.417. The molecule has 0 atom stereocenters. The number of nitrogens with one attached hydrogen (secondary N) is 2. The molecule has 2 rings (SSSR count). The summed E-state index contributed by atoms with van der Waals surface area (Å²) in [4.78, 5) is 11.8. The summed E-state index contributed by atoms with van der Waals surface area (Å²) in [5.41, 5.74) is 0.587. The van der Waals surface area contributed by atoms with Crippen LogP contribution in [0.4, 0.5) is 9.18 Å². The Morgan fingerprint density at radius 1 is 1.29 bits per heavy atom. The normalized spacial score (nSPS) is 21.8. The predicted molar refractivity (Wildman–Crippen MR) is 76.3 cm³/mol. The SMILES string of the molecule is O=C(NCc1ccc(O)c(F)c1)NC1CCC(CO)CC1. The fraction of sp³-hybridized carbons (Fsp3) is 0.533. The van der Waals surface area contributed by atoms with E-state index in [1.807, 2.05) is 0 Å². The van der Waals surface area contributed by atoms with Gasteiger partial charge in [-0.25, -0.2) is 9.18 Å². The zero-order valence-electron chi connectivity index (χ0n) is 11.8. The van der Waals surface area contributed by atoms with Gasteiger partial charge in [-0.2, -0.15) is 0 Å². The number of phenolic OH excluding ortho intramolecular Hbond substituents is 1. The van der Waals surface area contributed by atoms with Crippen LogP contribution in [0.2, 0.25) is 0 Å². The quantitative estimate of drug-likeness (QED) is 0.685. The van der Waals surface area contributed by atoms with Crippen LogP contribution < -0.4 is 10.6 Å². The Labute approximate surface area is 123 Å². The zero-order valence-corrected chi connectivity index (χ0v) is 11.8. The second-order valence-electron chi connectivity index (χ2n) is 5.51. The van der Waals surface area contributed by atoms with E-state index in [2.05, 4.69) is 10.6 Å². The third kappa shape index (κ3) is 4.60. The maximum atomic E-state index is 13.1. The molecule has 1 saturated carbocycles. The van der Waals surface area contributed by atoms with Crippen LogP contribution in [0.15, 0.2) is 18.2 Å². The average Bonchev–Trinajstić information content (AvgIpc) is 2.49. The Hall–Kier alpha value is -1.82. The van der Waals surface area contributed by atoms with E-state index >= 15 is 0 Å². The molecule has 1 fully saturated rings. The maximum Gasteiger partial charge on any atom is 0.315 e. The first-order valence-electron chi connectivity index (χ1n) is 7.21. The van der Waals surface area contributed by atoms with Crippen LogP contribution in [0.3, 0.4) is 0 Å². The standard InChI is InChI=1S/C15H21FN2O3/c16-13-7-11(3-6-14(13)20)8-17-15(21)18-12-4-1-10(9-19)2-5-12/h3,6-7,10,12,19-20H,1-2,4-5,8-9H2,(H2,17,18,21). The molecule has 0 radical (unpaired) electrons. The fourth-order valence-corrected chi connectivity index (χ4v) is 2.57. The molecule has 1 aliphatic rings. The molecule has 0 unspecified atom stereocenters. The number of phenols is 1. The molecule has 0 bridgehead atoms. The first-order chi connectivity index (χ1) is 10.1. The van der Waals surface area contributed by atoms with E-state index in [-0.39, 0.29) is 25.2 Å². The van der Waals surface area contributed by atoms with Gasteiger partial charge in [0.2, 0.25) is 0 Å². The summed E-state index contributed by atoms with van der Waals surface area (Å²) in [6, 6.07) is 3.87. The number of aliphatic hydroxyl groups is 1. The van der Waals surface area contributed by atoms with Crippen molar-refractivity contribution in [3.8, 4) is 5.75 Å². The molecular formula is C15H21FN2O3. The molecule has 0 heterocycles. The Morgan fingerprint density at radius 3 is 2.62 bits per heavy atom. The number of aliphatic hydroxyl groups excluding tert-OH is 1. The monoisotopic (exact) mass is 296 g/mol. The minimum Gasteiger partial charge on any atom is -0.505 e. The molecule has 0 saturated heterocycles. The van der Waals surface area contributed by atoms with E-state index in [4.69, 9.17) is 10.2 Å². The van der Waals surface area contributed by atoms with Crippen molar-refractivity contribution in [1.82, 2.24) is 10.6 Å². The molecule has 0 aromatic heterocycles. The molecule has 1 aliphatic carbocycles. The minimum absolute atomic E-state index is 0.129. The van der Waals surface area contributed by atoms with E-state index in [9.17, 15) is 9.18 Å². The predicted octanol–water partition coefficient (Wildman–Crippen LogP) is 1.88. The number of hydrogen-bond acceptors (Lipinski definition) is 3. The second-order valence-corrected chi connectivity index (χ2v) is 5.51. The highest BCUT2D eigenvalue weighted by Crippen LogP contribution is 2.23. The Bertz CT molecular complexity index is 488. The van der Waals surface area contributed by atoms with Crippen LogP contribution in [0.1, 0.15) is 31.2 Å². The van der Waals surface area contributed by atoms with E-state index < -0.39 is 11.6 Å². The van der Waals surface area contributed by atoms with Gasteiger partial charge in [-0.3, -0.25) is 0 Å². The van der Waals surface area contributed by atoms with Crippen molar-refractivity contribution >= 4 is 6.03 Å². The highest BCUT2D eigenvalue weighted by molar-refractivity contribution is 5.74. The van der Waals surface area contributed by atoms with Crippen LogP contribution in [-0.2, 0) is 6.54 Å². The van der Waals surface area contributed by atoms with Crippen molar-refractivity contribution in [3.63, 3.8) is 0 Å². The number of urea groups is 1. The summed E-state index contributed by atoms with van der Waals surface area (Å²) >= 11 is 0. The van der Waals surface area contributed by atoms with E-state index in [0.717, 1.165) is 25.7 Å². The highest BCUT2D eigenvalue weighted by atomic mass is 19.1. The third-order valence-electron chi connectivity index (χ3n) is 3.91. The largest absolute Gasteiger partial charge is 0.505 e. The van der Waals surface area contributed by atoms with Gasteiger partial charge in [0, 0.05) is 19.2 Å². The molecular weight excluding hydrogens is 275 g/mol. The second kappa shape index (κ2) is 7.26. The molecule has 6 heteroatoms. The molecule has 116 valence electrons. The Balaban J connectivity index is 1.73. The molecule has 0 spiro atoms. The number of carbonyl (C=O) groups is 1. The lowest BCUT2D eigenvalue weighted by Crippen LogP contribution is -2.43. The van der Waals surface area contributed by atoms with Crippen molar-refractivity contribution in [2.45, 2.75) is 38.3 Å². The van der Waals surface area contributed by atoms with Crippen molar-refractivity contribution < 1.29 is 19.4 Å². The summed E-state index contributed by atoms with van der Waals surface area (Å²) < 4.78 is 13.1. The number of rotatable bonds is 4. The number of benzene rings is 1. The van der Waals surface area contributed by atoms with Gasteiger partial charge in [0.1, 0.15) is 0 Å². The molecule has 0 aliphatic heterocycles. The van der Waals surface area contributed by atoms with Crippen LogP contribution in [0, 0.1) is 11.7 Å². The maximum absolute atomic E-state index is 13.1. The van der Waals surface area contributed by atoms with Crippen molar-refractivity contribution in [1.29, 1.82) is 0 Å². The van der Waals surface area contributed by atoms with Gasteiger partial charge >= 0.3 is 6.03 Å². The molecule has 21 heavy (non-hydrogen) atoms. The molecule has 4 N–H and O–H groups in total. The van der Waals surface area contributed by atoms with E-state index in [1.165, 1.54) is 12.1 Å². The van der Waals surface area contributed by atoms with Gasteiger partial charge in [0.15, 0.2) is 11.6 Å². The molecule has 1 aromatic rings. The van der Waals surface area contributed by atoms with Gasteiger partial charge in [-0.05, 0) is 49.3 Å². The minimum atomic E-state index is -0.697. The average molecular weight is 296 g/mol. The van der Waals surface area contributed by atoms with Gasteiger partial charge in [-0.15, -0.1) is 0 Å². The highest BCUT2D eigenvalue weighted by Gasteiger charge is 2.21. The summed E-state index contributed by atoms with van der Waals surface area (Å²) in [5, 5.41) is 23.7. The first kappa shape index (κ1) is 15.6. The Kier molecular flexibility index (Phi) is 5.38. The topological polar surface area (TPSA) is 81.6 Å². The summed E-state index contributed by atoms with van der Waals surface area (Å²) in [5.74, 6) is -0.744.